The van der Waals surface area contributed by atoms with E-state index < -0.39 is 0 Å². The largest absolute Gasteiger partial charge is 0.359 e. The number of anilines is 1. The van der Waals surface area contributed by atoms with E-state index in [-0.39, 0.29) is 16.7 Å². The predicted molar refractivity (Wildman–Crippen MR) is 78.5 cm³/mol. The molecule has 2 rings (SSSR count). The second-order valence-corrected chi connectivity index (χ2v) is 4.39. The molecule has 1 saturated heterocycles. The first-order valence-electron chi connectivity index (χ1n) is 6.32. The van der Waals surface area contributed by atoms with Crippen LogP contribution in [0.4, 0.5) is 5.82 Å². The van der Waals surface area contributed by atoms with Crippen LogP contribution >= 0.6 is 23.2 Å². The van der Waals surface area contributed by atoms with Crippen LogP contribution in [0.5, 0.6) is 0 Å². The maximum absolute atomic E-state index is 7.30. The summed E-state index contributed by atoms with van der Waals surface area (Å²) in [4.78, 5) is 7.81. The topological polar surface area (TPSA) is 70.9 Å². The van der Waals surface area contributed by atoms with Crippen molar-refractivity contribution < 1.29 is 4.74 Å². The van der Waals surface area contributed by atoms with Gasteiger partial charge in [0.2, 0.25) is 5.28 Å². The maximum Gasteiger partial charge on any atom is 0.225 e. The van der Waals surface area contributed by atoms with E-state index in [1.165, 1.54) is 0 Å². The number of halogens is 2. The van der Waals surface area contributed by atoms with E-state index in [1.807, 2.05) is 13.8 Å². The summed E-state index contributed by atoms with van der Waals surface area (Å²) in [6.45, 7) is 4.73. The minimum atomic E-state index is -0.107. The summed E-state index contributed by atoms with van der Waals surface area (Å²) >= 11 is 11.6. The first-order valence-corrected chi connectivity index (χ1v) is 7.08. The van der Waals surface area contributed by atoms with Gasteiger partial charge in [0.05, 0.1) is 5.56 Å². The van der Waals surface area contributed by atoms with E-state index in [0.29, 0.717) is 11.4 Å². The molecule has 0 aliphatic carbocycles. The third kappa shape index (κ3) is 4.60. The zero-order valence-electron chi connectivity index (χ0n) is 11.0. The molecule has 1 aliphatic rings. The van der Waals surface area contributed by atoms with Crippen LogP contribution in [-0.4, -0.2) is 29.0 Å². The lowest BCUT2D eigenvalue weighted by atomic mass is 10.2. The normalized spacial score (nSPS) is 18.2. The van der Waals surface area contributed by atoms with Gasteiger partial charge in [0, 0.05) is 12.8 Å². The third-order valence-electron chi connectivity index (χ3n) is 2.49. The second-order valence-electron chi connectivity index (χ2n) is 3.69. The van der Waals surface area contributed by atoms with Crippen molar-refractivity contribution in [1.82, 2.24) is 9.97 Å². The van der Waals surface area contributed by atoms with Gasteiger partial charge in [0.1, 0.15) is 17.2 Å². The predicted octanol–water partition coefficient (Wildman–Crippen LogP) is 3.75. The molecule has 1 aromatic rings. The molecule has 1 unspecified atom stereocenters. The minimum absolute atomic E-state index is 0.0545. The quantitative estimate of drug-likeness (QED) is 0.507. The van der Waals surface area contributed by atoms with E-state index >= 15 is 0 Å². The van der Waals surface area contributed by atoms with Crippen molar-refractivity contribution in [1.29, 1.82) is 5.41 Å². The van der Waals surface area contributed by atoms with Gasteiger partial charge < -0.3 is 15.5 Å². The molecule has 0 spiro atoms. The van der Waals surface area contributed by atoms with E-state index in [4.69, 9.17) is 33.3 Å². The average molecular weight is 305 g/mol. The highest BCUT2D eigenvalue weighted by Crippen LogP contribution is 2.23. The fourth-order valence-corrected chi connectivity index (χ4v) is 2.10. The number of hydrogen-bond acceptors (Lipinski definition) is 5. The van der Waals surface area contributed by atoms with Crippen molar-refractivity contribution in [2.75, 3.05) is 11.9 Å². The monoisotopic (exact) mass is 304 g/mol. The van der Waals surface area contributed by atoms with Crippen LogP contribution in [0.2, 0.25) is 10.4 Å². The van der Waals surface area contributed by atoms with Crippen molar-refractivity contribution in [3.63, 3.8) is 0 Å². The Hall–Kier alpha value is -0.910. The van der Waals surface area contributed by atoms with Crippen LogP contribution < -0.4 is 5.32 Å². The lowest BCUT2D eigenvalue weighted by Crippen LogP contribution is -2.28. The molecule has 7 heteroatoms. The van der Waals surface area contributed by atoms with Crippen LogP contribution in [0, 0.1) is 5.41 Å². The molecule has 1 fully saturated rings. The van der Waals surface area contributed by atoms with Crippen LogP contribution in [-0.2, 0) is 4.74 Å². The molecule has 0 bridgehead atoms. The summed E-state index contributed by atoms with van der Waals surface area (Å²) in [6, 6.07) is 0. The standard InChI is InChI=1S/C10H12Cl2N4O.C2H6/c11-8-6(5-13)9(16-10(12)15-8)14-7-3-1-2-4-17-7;1-2/h5,7,13H,1-4H2,(H,14,15,16);1-2H3. The molecular formula is C12H18Cl2N4O. The SMILES string of the molecule is CC.N=Cc1c(Cl)nc(Cl)nc1NC1CCCCO1. The Bertz CT molecular complexity index is 422. The summed E-state index contributed by atoms with van der Waals surface area (Å²) in [7, 11) is 0. The fourth-order valence-electron chi connectivity index (χ4n) is 1.66. The molecule has 0 aromatic carbocycles. The zero-order valence-corrected chi connectivity index (χ0v) is 12.6. The molecule has 0 radical (unpaired) electrons. The van der Waals surface area contributed by atoms with Gasteiger partial charge in [0.15, 0.2) is 0 Å². The van der Waals surface area contributed by atoms with Crippen LogP contribution in [0.15, 0.2) is 0 Å². The molecule has 1 aromatic heterocycles. The third-order valence-corrected chi connectivity index (χ3v) is 2.95. The fraction of sp³-hybridized carbons (Fsp3) is 0.583. The second kappa shape index (κ2) is 8.30. The number of nitrogens with zero attached hydrogens (tertiary/aromatic N) is 2. The van der Waals surface area contributed by atoms with E-state index in [1.54, 1.807) is 0 Å². The van der Waals surface area contributed by atoms with Crippen molar-refractivity contribution in [2.45, 2.75) is 39.3 Å². The summed E-state index contributed by atoms with van der Waals surface area (Å²) < 4.78 is 5.53. The Morgan fingerprint density at radius 3 is 2.63 bits per heavy atom. The molecular weight excluding hydrogens is 287 g/mol. The Balaban J connectivity index is 0.000000861. The van der Waals surface area contributed by atoms with Crippen LogP contribution in [0.1, 0.15) is 38.7 Å². The lowest BCUT2D eigenvalue weighted by Gasteiger charge is -2.24. The van der Waals surface area contributed by atoms with Gasteiger partial charge in [-0.1, -0.05) is 25.4 Å². The molecule has 0 amide bonds. The van der Waals surface area contributed by atoms with Crippen molar-refractivity contribution >= 4 is 35.2 Å². The maximum atomic E-state index is 7.30. The molecule has 1 atom stereocenters. The van der Waals surface area contributed by atoms with Crippen LogP contribution in [0.3, 0.4) is 0 Å². The van der Waals surface area contributed by atoms with Gasteiger partial charge in [-0.2, -0.15) is 4.98 Å². The average Bonchev–Trinajstić information content (AvgIpc) is 2.42. The molecule has 1 aliphatic heterocycles. The zero-order chi connectivity index (χ0) is 14.3. The molecule has 2 N–H and O–H groups in total. The first-order chi connectivity index (χ1) is 9.20. The Morgan fingerprint density at radius 1 is 1.32 bits per heavy atom. The molecule has 2 heterocycles. The summed E-state index contributed by atoms with van der Waals surface area (Å²) in [6.07, 6.45) is 4.07. The van der Waals surface area contributed by atoms with E-state index in [2.05, 4.69) is 15.3 Å². The van der Waals surface area contributed by atoms with Gasteiger partial charge in [-0.15, -0.1) is 0 Å². The number of hydrogen-bond donors (Lipinski definition) is 2. The first kappa shape index (κ1) is 16.1. The van der Waals surface area contributed by atoms with Gasteiger partial charge in [-0.25, -0.2) is 4.98 Å². The summed E-state index contributed by atoms with van der Waals surface area (Å²) in [5.41, 5.74) is 0.422. The van der Waals surface area contributed by atoms with Crippen molar-refractivity contribution in [2.24, 2.45) is 0 Å². The number of rotatable bonds is 3. The van der Waals surface area contributed by atoms with Gasteiger partial charge in [0.25, 0.3) is 0 Å². The lowest BCUT2D eigenvalue weighted by molar-refractivity contribution is 0.0341. The highest BCUT2D eigenvalue weighted by Gasteiger charge is 2.17. The Morgan fingerprint density at radius 2 is 2.05 bits per heavy atom. The highest BCUT2D eigenvalue weighted by atomic mass is 35.5. The number of ether oxygens (including phenoxy) is 1. The summed E-state index contributed by atoms with van der Waals surface area (Å²) in [5, 5.41) is 10.6. The molecule has 106 valence electrons. The van der Waals surface area contributed by atoms with Crippen LogP contribution in [0.25, 0.3) is 0 Å². The van der Waals surface area contributed by atoms with Crippen molar-refractivity contribution in [3.05, 3.63) is 16.0 Å². The van der Waals surface area contributed by atoms with Crippen molar-refractivity contribution in [3.8, 4) is 0 Å². The van der Waals surface area contributed by atoms with E-state index in [0.717, 1.165) is 32.1 Å². The van der Waals surface area contributed by atoms with E-state index in [9.17, 15) is 0 Å². The molecule has 5 nitrogen and oxygen atoms in total. The number of nitrogens with one attached hydrogen (secondary N) is 2. The van der Waals surface area contributed by atoms with Gasteiger partial charge in [-0.3, -0.25) is 0 Å². The Kier molecular flexibility index (Phi) is 7.05. The smallest absolute Gasteiger partial charge is 0.225 e. The van der Waals surface area contributed by atoms with Gasteiger partial charge in [-0.05, 0) is 30.9 Å². The number of aromatic nitrogens is 2. The Labute approximate surface area is 123 Å². The minimum Gasteiger partial charge on any atom is -0.359 e. The highest BCUT2D eigenvalue weighted by molar-refractivity contribution is 6.34. The van der Waals surface area contributed by atoms with Gasteiger partial charge >= 0.3 is 0 Å². The molecule has 0 saturated carbocycles. The summed E-state index contributed by atoms with van der Waals surface area (Å²) in [5.74, 6) is 0.442. The molecule has 19 heavy (non-hydrogen) atoms.